The molecule has 1 aliphatic rings. The number of rotatable bonds is 4. The van der Waals surface area contributed by atoms with Crippen LogP contribution in [0.25, 0.3) is 0 Å². The predicted molar refractivity (Wildman–Crippen MR) is 69.8 cm³/mol. The van der Waals surface area contributed by atoms with E-state index in [0.29, 0.717) is 0 Å². The second-order valence-electron chi connectivity index (χ2n) is 4.61. The van der Waals surface area contributed by atoms with Gasteiger partial charge in [0.25, 0.3) is 0 Å². The van der Waals surface area contributed by atoms with Crippen molar-refractivity contribution in [1.82, 2.24) is 0 Å². The molecule has 0 saturated heterocycles. The van der Waals surface area contributed by atoms with Crippen LogP contribution in [0.2, 0.25) is 0 Å². The first-order valence-corrected chi connectivity index (χ1v) is 7.78. The predicted octanol–water partition coefficient (Wildman–Crippen LogP) is 1.48. The number of aryl methyl sites for hydroxylation is 1. The van der Waals surface area contributed by atoms with E-state index in [1.165, 1.54) is 5.56 Å². The third-order valence-corrected chi connectivity index (χ3v) is 5.84. The van der Waals surface area contributed by atoms with Crippen molar-refractivity contribution in [3.05, 3.63) is 35.4 Å². The third kappa shape index (κ3) is 2.24. The van der Waals surface area contributed by atoms with E-state index >= 15 is 0 Å². The zero-order valence-electron chi connectivity index (χ0n) is 10.3. The van der Waals surface area contributed by atoms with Gasteiger partial charge in [-0.2, -0.15) is 0 Å². The van der Waals surface area contributed by atoms with Crippen LogP contribution >= 0.6 is 0 Å². The molecule has 0 aromatic heterocycles. The van der Waals surface area contributed by atoms with Crippen molar-refractivity contribution in [3.63, 3.8) is 0 Å². The Morgan fingerprint density at radius 1 is 1.18 bits per heavy atom. The largest absolute Gasteiger partial charge is 0.326 e. The summed E-state index contributed by atoms with van der Waals surface area (Å²) in [6.07, 6.45) is 0.994. The van der Waals surface area contributed by atoms with E-state index in [-0.39, 0.29) is 23.0 Å². The molecule has 17 heavy (non-hydrogen) atoms. The van der Waals surface area contributed by atoms with E-state index in [0.717, 1.165) is 12.0 Å². The molecular formula is C13H19NO2S. The van der Waals surface area contributed by atoms with Crippen LogP contribution in [0.15, 0.2) is 24.3 Å². The highest BCUT2D eigenvalue weighted by Crippen LogP contribution is 2.45. The van der Waals surface area contributed by atoms with Crippen LogP contribution in [0.4, 0.5) is 0 Å². The van der Waals surface area contributed by atoms with Gasteiger partial charge in [-0.15, -0.1) is 0 Å². The lowest BCUT2D eigenvalue weighted by molar-refractivity contribution is 0.594. The van der Waals surface area contributed by atoms with Gasteiger partial charge in [0.1, 0.15) is 0 Å². The Morgan fingerprint density at radius 2 is 1.76 bits per heavy atom. The second kappa shape index (κ2) is 4.42. The Morgan fingerprint density at radius 3 is 2.24 bits per heavy atom. The van der Waals surface area contributed by atoms with Gasteiger partial charge in [0.15, 0.2) is 9.84 Å². The lowest BCUT2D eigenvalue weighted by atomic mass is 10.1. The fourth-order valence-corrected chi connectivity index (χ4v) is 4.08. The Kier molecular flexibility index (Phi) is 3.27. The molecule has 1 saturated carbocycles. The first kappa shape index (κ1) is 12.6. The summed E-state index contributed by atoms with van der Waals surface area (Å²) in [4.78, 5) is 0. The average Bonchev–Trinajstić information content (AvgIpc) is 3.02. The molecule has 1 aromatic carbocycles. The first-order chi connectivity index (χ1) is 8.01. The fourth-order valence-electron chi connectivity index (χ4n) is 2.35. The van der Waals surface area contributed by atoms with Crippen molar-refractivity contribution in [2.75, 3.05) is 5.75 Å². The molecule has 4 heteroatoms. The summed E-state index contributed by atoms with van der Waals surface area (Å²) in [5.74, 6) is 0.167. The summed E-state index contributed by atoms with van der Waals surface area (Å²) in [5, 5.41) is -0.375. The molecule has 0 amide bonds. The standard InChI is InChI=1S/C13H19NO2S/c1-3-9-5-7-10(8-6-9)11-12(14)13(11)17(15,16)4-2/h5-8,11-13H,3-4,14H2,1-2H3/t11-,12-,13-/m1/s1. The summed E-state index contributed by atoms with van der Waals surface area (Å²) >= 11 is 0. The number of sulfone groups is 1. The maximum atomic E-state index is 11.8. The van der Waals surface area contributed by atoms with Crippen LogP contribution in [-0.4, -0.2) is 25.5 Å². The van der Waals surface area contributed by atoms with Crippen LogP contribution in [0, 0.1) is 0 Å². The minimum atomic E-state index is -3.01. The minimum Gasteiger partial charge on any atom is -0.326 e. The van der Waals surface area contributed by atoms with Crippen molar-refractivity contribution >= 4 is 9.84 Å². The Balaban J connectivity index is 2.20. The van der Waals surface area contributed by atoms with Crippen molar-refractivity contribution in [1.29, 1.82) is 0 Å². The maximum absolute atomic E-state index is 11.8. The average molecular weight is 253 g/mol. The van der Waals surface area contributed by atoms with Gasteiger partial charge in [-0.3, -0.25) is 0 Å². The number of nitrogens with two attached hydrogens (primary N) is 1. The highest BCUT2D eigenvalue weighted by molar-refractivity contribution is 7.92. The first-order valence-electron chi connectivity index (χ1n) is 6.07. The van der Waals surface area contributed by atoms with Gasteiger partial charge in [-0.1, -0.05) is 38.1 Å². The molecule has 2 N–H and O–H groups in total. The molecule has 94 valence electrons. The molecule has 0 aliphatic heterocycles. The number of hydrogen-bond donors (Lipinski definition) is 1. The fraction of sp³-hybridized carbons (Fsp3) is 0.538. The van der Waals surface area contributed by atoms with E-state index in [4.69, 9.17) is 5.73 Å². The third-order valence-electron chi connectivity index (χ3n) is 3.60. The molecule has 0 spiro atoms. The van der Waals surface area contributed by atoms with Gasteiger partial charge in [0, 0.05) is 17.7 Å². The van der Waals surface area contributed by atoms with E-state index < -0.39 is 9.84 Å². The van der Waals surface area contributed by atoms with Crippen LogP contribution < -0.4 is 5.73 Å². The normalized spacial score (nSPS) is 28.1. The maximum Gasteiger partial charge on any atom is 0.155 e. The van der Waals surface area contributed by atoms with Gasteiger partial charge in [0.2, 0.25) is 0 Å². The van der Waals surface area contributed by atoms with Crippen molar-refractivity contribution in [2.45, 2.75) is 37.5 Å². The smallest absolute Gasteiger partial charge is 0.155 e. The molecule has 1 fully saturated rings. The zero-order chi connectivity index (χ0) is 12.6. The molecule has 0 heterocycles. The summed E-state index contributed by atoms with van der Waals surface area (Å²) in [6, 6.07) is 7.89. The monoisotopic (exact) mass is 253 g/mol. The summed E-state index contributed by atoms with van der Waals surface area (Å²) < 4.78 is 23.6. The van der Waals surface area contributed by atoms with Crippen molar-refractivity contribution in [2.24, 2.45) is 5.73 Å². The Bertz CT molecular complexity index is 493. The topological polar surface area (TPSA) is 60.2 Å². The SMILES string of the molecule is CCc1ccc([C@@H]2[C@@H](N)[C@@H]2S(=O)(=O)CC)cc1. The molecule has 3 nitrogen and oxygen atoms in total. The summed E-state index contributed by atoms with van der Waals surface area (Å²) in [6.45, 7) is 3.78. The molecule has 2 rings (SSSR count). The molecule has 3 atom stereocenters. The van der Waals surface area contributed by atoms with E-state index in [9.17, 15) is 8.42 Å². The summed E-state index contributed by atoms with van der Waals surface area (Å²) in [7, 11) is -3.01. The van der Waals surface area contributed by atoms with Gasteiger partial charge in [0.05, 0.1) is 5.25 Å². The van der Waals surface area contributed by atoms with Gasteiger partial charge in [-0.05, 0) is 17.5 Å². The van der Waals surface area contributed by atoms with Crippen LogP contribution in [0.1, 0.15) is 30.9 Å². The Labute approximate surface area is 103 Å². The Hall–Kier alpha value is -0.870. The molecule has 0 bridgehead atoms. The van der Waals surface area contributed by atoms with Crippen LogP contribution in [0.5, 0.6) is 0 Å². The number of hydrogen-bond acceptors (Lipinski definition) is 3. The van der Waals surface area contributed by atoms with Gasteiger partial charge in [-0.25, -0.2) is 8.42 Å². The molecule has 1 aromatic rings. The van der Waals surface area contributed by atoms with Crippen molar-refractivity contribution < 1.29 is 8.42 Å². The lowest BCUT2D eigenvalue weighted by Crippen LogP contribution is -2.17. The van der Waals surface area contributed by atoms with Crippen molar-refractivity contribution in [3.8, 4) is 0 Å². The quantitative estimate of drug-likeness (QED) is 0.884. The highest BCUT2D eigenvalue weighted by Gasteiger charge is 2.55. The number of benzene rings is 1. The zero-order valence-corrected chi connectivity index (χ0v) is 11.1. The molecule has 0 unspecified atom stereocenters. The van der Waals surface area contributed by atoms with E-state index in [2.05, 4.69) is 19.1 Å². The van der Waals surface area contributed by atoms with Gasteiger partial charge >= 0.3 is 0 Å². The van der Waals surface area contributed by atoms with Crippen LogP contribution in [-0.2, 0) is 16.3 Å². The van der Waals surface area contributed by atoms with Gasteiger partial charge < -0.3 is 5.73 Å². The highest BCUT2D eigenvalue weighted by atomic mass is 32.2. The minimum absolute atomic E-state index is 0.00847. The van der Waals surface area contributed by atoms with E-state index in [1.54, 1.807) is 6.92 Å². The molecular weight excluding hydrogens is 234 g/mol. The lowest BCUT2D eigenvalue weighted by Gasteiger charge is -2.02. The molecule has 1 aliphatic carbocycles. The van der Waals surface area contributed by atoms with E-state index in [1.807, 2.05) is 12.1 Å². The summed E-state index contributed by atoms with van der Waals surface area (Å²) in [5.41, 5.74) is 8.21. The molecule has 0 radical (unpaired) electrons. The second-order valence-corrected chi connectivity index (χ2v) is 7.06. The van der Waals surface area contributed by atoms with Crippen LogP contribution in [0.3, 0.4) is 0 Å².